The van der Waals surface area contributed by atoms with Gasteiger partial charge in [-0.1, -0.05) is 45.7 Å². The third-order valence-electron chi connectivity index (χ3n) is 2.85. The summed E-state index contributed by atoms with van der Waals surface area (Å²) in [5.74, 6) is 0.651. The Kier molecular flexibility index (Phi) is 5.61. The maximum absolute atomic E-state index is 10.9. The molecule has 0 saturated heterocycles. The van der Waals surface area contributed by atoms with Gasteiger partial charge in [-0.25, -0.2) is 0 Å². The SMILES string of the molecule is O=[N+]([O-])c1cccc(COc2cccc(Cl)c2CBr)c1Br. The predicted molar refractivity (Wildman–Crippen MR) is 89.2 cm³/mol. The molecule has 2 rings (SSSR count). The highest BCUT2D eigenvalue weighted by atomic mass is 79.9. The molecule has 21 heavy (non-hydrogen) atoms. The summed E-state index contributed by atoms with van der Waals surface area (Å²) in [4.78, 5) is 10.5. The van der Waals surface area contributed by atoms with E-state index in [2.05, 4.69) is 31.9 Å². The van der Waals surface area contributed by atoms with E-state index in [4.69, 9.17) is 16.3 Å². The second-order valence-electron chi connectivity index (χ2n) is 4.15. The van der Waals surface area contributed by atoms with Crippen LogP contribution in [0.3, 0.4) is 0 Å². The van der Waals surface area contributed by atoms with Gasteiger partial charge in [0, 0.05) is 27.5 Å². The molecule has 0 heterocycles. The molecule has 0 N–H and O–H groups in total. The Hall–Kier alpha value is -1.11. The van der Waals surface area contributed by atoms with E-state index in [1.165, 1.54) is 6.07 Å². The number of nitro groups is 1. The van der Waals surface area contributed by atoms with Gasteiger partial charge >= 0.3 is 0 Å². The molecule has 0 amide bonds. The minimum Gasteiger partial charge on any atom is -0.488 e. The molecule has 0 fully saturated rings. The topological polar surface area (TPSA) is 52.4 Å². The molecular weight excluding hydrogens is 425 g/mol. The minimum atomic E-state index is -0.434. The van der Waals surface area contributed by atoms with Crippen molar-refractivity contribution in [3.8, 4) is 5.75 Å². The van der Waals surface area contributed by atoms with Crippen molar-refractivity contribution in [3.05, 3.63) is 67.1 Å². The Morgan fingerprint density at radius 3 is 2.62 bits per heavy atom. The van der Waals surface area contributed by atoms with Crippen LogP contribution in [-0.2, 0) is 11.9 Å². The zero-order chi connectivity index (χ0) is 15.4. The van der Waals surface area contributed by atoms with Crippen LogP contribution in [0.15, 0.2) is 40.9 Å². The molecule has 110 valence electrons. The van der Waals surface area contributed by atoms with Crippen molar-refractivity contribution in [1.29, 1.82) is 0 Å². The first kappa shape index (κ1) is 16.3. The highest BCUT2D eigenvalue weighted by Crippen LogP contribution is 2.32. The van der Waals surface area contributed by atoms with Crippen molar-refractivity contribution in [2.75, 3.05) is 0 Å². The molecule has 4 nitrogen and oxygen atoms in total. The molecule has 2 aromatic rings. The fourth-order valence-corrected chi connectivity index (χ4v) is 3.27. The summed E-state index contributed by atoms with van der Waals surface area (Å²) in [6.07, 6.45) is 0. The minimum absolute atomic E-state index is 0.0166. The zero-order valence-corrected chi connectivity index (χ0v) is 14.6. The molecule has 2 aromatic carbocycles. The Balaban J connectivity index is 2.23. The summed E-state index contributed by atoms with van der Waals surface area (Å²) < 4.78 is 6.17. The number of nitrogens with zero attached hydrogens (tertiary/aromatic N) is 1. The number of hydrogen-bond donors (Lipinski definition) is 0. The molecule has 0 spiro atoms. The molecule has 0 aromatic heterocycles. The number of rotatable bonds is 5. The van der Waals surface area contributed by atoms with E-state index in [0.717, 1.165) is 5.56 Å². The normalized spacial score (nSPS) is 10.4. The van der Waals surface area contributed by atoms with Crippen molar-refractivity contribution in [2.45, 2.75) is 11.9 Å². The van der Waals surface area contributed by atoms with Crippen LogP contribution in [-0.4, -0.2) is 4.92 Å². The number of halogens is 3. The molecule has 0 aliphatic heterocycles. The first-order chi connectivity index (χ1) is 10.0. The largest absolute Gasteiger partial charge is 0.488 e. The van der Waals surface area contributed by atoms with Crippen molar-refractivity contribution in [1.82, 2.24) is 0 Å². The number of nitro benzene ring substituents is 1. The molecule has 0 radical (unpaired) electrons. The van der Waals surface area contributed by atoms with Crippen molar-refractivity contribution in [2.24, 2.45) is 0 Å². The predicted octanol–water partition coefficient (Wildman–Crippen LogP) is 5.48. The third-order valence-corrected chi connectivity index (χ3v) is 4.68. The monoisotopic (exact) mass is 433 g/mol. The van der Waals surface area contributed by atoms with E-state index in [1.807, 2.05) is 6.07 Å². The average Bonchev–Trinajstić information content (AvgIpc) is 2.46. The van der Waals surface area contributed by atoms with Crippen LogP contribution in [0.2, 0.25) is 5.02 Å². The van der Waals surface area contributed by atoms with Crippen molar-refractivity contribution in [3.63, 3.8) is 0 Å². The maximum atomic E-state index is 10.9. The van der Waals surface area contributed by atoms with E-state index in [1.54, 1.807) is 24.3 Å². The van der Waals surface area contributed by atoms with Gasteiger partial charge in [0.15, 0.2) is 0 Å². The van der Waals surface area contributed by atoms with Crippen LogP contribution in [0, 0.1) is 10.1 Å². The lowest BCUT2D eigenvalue weighted by atomic mass is 10.2. The van der Waals surface area contributed by atoms with Crippen LogP contribution in [0.4, 0.5) is 5.69 Å². The van der Waals surface area contributed by atoms with Gasteiger partial charge in [-0.15, -0.1) is 0 Å². The van der Waals surface area contributed by atoms with Gasteiger partial charge in [0.25, 0.3) is 5.69 Å². The van der Waals surface area contributed by atoms with E-state index >= 15 is 0 Å². The van der Waals surface area contributed by atoms with Gasteiger partial charge in [0.1, 0.15) is 16.8 Å². The van der Waals surface area contributed by atoms with Crippen LogP contribution in [0.25, 0.3) is 0 Å². The van der Waals surface area contributed by atoms with Gasteiger partial charge in [-0.3, -0.25) is 10.1 Å². The smallest absolute Gasteiger partial charge is 0.283 e. The van der Waals surface area contributed by atoms with Gasteiger partial charge in [0.2, 0.25) is 0 Å². The summed E-state index contributed by atoms with van der Waals surface area (Å²) in [5.41, 5.74) is 1.56. The molecule has 7 heteroatoms. The number of ether oxygens (including phenoxy) is 1. The van der Waals surface area contributed by atoms with E-state index in [-0.39, 0.29) is 12.3 Å². The summed E-state index contributed by atoms with van der Waals surface area (Å²) in [6, 6.07) is 10.2. The van der Waals surface area contributed by atoms with Crippen LogP contribution in [0.5, 0.6) is 5.75 Å². The fourth-order valence-electron chi connectivity index (χ4n) is 1.78. The molecule has 0 aliphatic carbocycles. The second kappa shape index (κ2) is 7.24. The van der Waals surface area contributed by atoms with Gasteiger partial charge in [0.05, 0.1) is 4.92 Å². The molecular formula is C14H10Br2ClNO3. The van der Waals surface area contributed by atoms with Crippen LogP contribution < -0.4 is 4.74 Å². The molecule has 0 bridgehead atoms. The molecule has 0 unspecified atom stereocenters. The van der Waals surface area contributed by atoms with Crippen LogP contribution in [0.1, 0.15) is 11.1 Å². The quantitative estimate of drug-likeness (QED) is 0.355. The summed E-state index contributed by atoms with van der Waals surface area (Å²) in [7, 11) is 0. The Morgan fingerprint density at radius 1 is 1.24 bits per heavy atom. The second-order valence-corrected chi connectivity index (χ2v) is 5.91. The van der Waals surface area contributed by atoms with E-state index < -0.39 is 4.92 Å². The van der Waals surface area contributed by atoms with E-state index in [9.17, 15) is 10.1 Å². The standard InChI is InChI=1S/C14H10Br2ClNO3/c15-7-10-11(17)4-2-6-13(10)21-8-9-3-1-5-12(14(9)16)18(19)20/h1-6H,7-8H2. The van der Waals surface area contributed by atoms with E-state index in [0.29, 0.717) is 26.1 Å². The Bertz CT molecular complexity index is 679. The van der Waals surface area contributed by atoms with Gasteiger partial charge in [-0.2, -0.15) is 0 Å². The summed E-state index contributed by atoms with van der Waals surface area (Å²) >= 11 is 12.7. The number of hydrogen-bond acceptors (Lipinski definition) is 3. The highest BCUT2D eigenvalue weighted by molar-refractivity contribution is 9.10. The highest BCUT2D eigenvalue weighted by Gasteiger charge is 2.15. The lowest BCUT2D eigenvalue weighted by Crippen LogP contribution is -2.00. The molecule has 0 aliphatic rings. The van der Waals surface area contributed by atoms with Crippen LogP contribution >= 0.6 is 43.5 Å². The van der Waals surface area contributed by atoms with Gasteiger partial charge in [-0.05, 0) is 28.1 Å². The summed E-state index contributed by atoms with van der Waals surface area (Å²) in [6.45, 7) is 0.211. The summed E-state index contributed by atoms with van der Waals surface area (Å²) in [5, 5.41) is 12.1. The molecule has 0 saturated carbocycles. The third kappa shape index (κ3) is 3.75. The van der Waals surface area contributed by atoms with Crippen molar-refractivity contribution >= 4 is 49.1 Å². The lowest BCUT2D eigenvalue weighted by molar-refractivity contribution is -0.385. The molecule has 0 atom stereocenters. The fraction of sp³-hybridized carbons (Fsp3) is 0.143. The van der Waals surface area contributed by atoms with Crippen molar-refractivity contribution < 1.29 is 9.66 Å². The first-order valence-corrected chi connectivity index (χ1v) is 8.21. The zero-order valence-electron chi connectivity index (χ0n) is 10.7. The first-order valence-electron chi connectivity index (χ1n) is 5.92. The average molecular weight is 435 g/mol. The van der Waals surface area contributed by atoms with Gasteiger partial charge < -0.3 is 4.74 Å². The maximum Gasteiger partial charge on any atom is 0.283 e. The number of benzene rings is 2. The number of alkyl halides is 1. The Labute approximate surface area is 143 Å². The lowest BCUT2D eigenvalue weighted by Gasteiger charge is -2.12. The Morgan fingerprint density at radius 2 is 1.95 bits per heavy atom.